The molecule has 3 nitrogen and oxygen atoms in total. The molecule has 1 saturated carbocycles. The van der Waals surface area contributed by atoms with E-state index in [-0.39, 0.29) is 29.7 Å². The number of nitriles is 1. The summed E-state index contributed by atoms with van der Waals surface area (Å²) >= 11 is 0.463. The highest BCUT2D eigenvalue weighted by Crippen LogP contribution is 2.69. The van der Waals surface area contributed by atoms with Crippen LogP contribution in [0.3, 0.4) is 0 Å². The zero-order chi connectivity index (χ0) is 27.2. The second-order valence-corrected chi connectivity index (χ2v) is 10.7. The van der Waals surface area contributed by atoms with Crippen LogP contribution in [-0.2, 0) is 17.6 Å². The summed E-state index contributed by atoms with van der Waals surface area (Å²) in [5.74, 6) is -40.1. The summed E-state index contributed by atoms with van der Waals surface area (Å²) in [6, 6.07) is 1.55. The molecule has 1 heterocycles. The third-order valence-electron chi connectivity index (χ3n) is 6.58. The van der Waals surface area contributed by atoms with Gasteiger partial charge in [0.2, 0.25) is 0 Å². The van der Waals surface area contributed by atoms with E-state index in [4.69, 9.17) is 0 Å². The van der Waals surface area contributed by atoms with E-state index >= 15 is 0 Å². The van der Waals surface area contributed by atoms with Crippen molar-refractivity contribution in [3.05, 3.63) is 16.0 Å². The minimum absolute atomic E-state index is 0.00267. The van der Waals surface area contributed by atoms with E-state index in [9.17, 15) is 58.4 Å². The molecule has 0 spiro atoms. The largest absolute Gasteiger partial charge is 0.384 e. The van der Waals surface area contributed by atoms with Crippen molar-refractivity contribution < 1.29 is 53.1 Å². The van der Waals surface area contributed by atoms with Crippen molar-refractivity contribution >= 4 is 22.2 Å². The minimum Gasteiger partial charge on any atom is -0.313 e. The monoisotopic (exact) mass is 542 g/mol. The molecule has 0 saturated heterocycles. The molecule has 2 aliphatic carbocycles. The van der Waals surface area contributed by atoms with E-state index in [1.807, 2.05) is 20.8 Å². The first-order valence-electron chi connectivity index (χ1n) is 9.98. The second kappa shape index (κ2) is 7.45. The standard InChI is InChI=1S/C20H17F11N2OS/c1-14(2,3)8-4-5-9-10(7-32)12(35-11(9)6-8)33-13(34)15(21)16(22,23)18(26,27)20(30,31)19(28,29)17(15,24)25/h8H,4-6H2,1-3H3,(H,33,34)/t8-/m1/s1. The Morgan fingerprint density at radius 2 is 1.37 bits per heavy atom. The van der Waals surface area contributed by atoms with E-state index in [0.717, 1.165) is 5.32 Å². The van der Waals surface area contributed by atoms with Crippen molar-refractivity contribution in [2.75, 3.05) is 5.32 Å². The van der Waals surface area contributed by atoms with Gasteiger partial charge in [-0.25, -0.2) is 4.39 Å². The van der Waals surface area contributed by atoms with Crippen molar-refractivity contribution in [3.8, 4) is 6.07 Å². The number of halogens is 11. The Bertz CT molecular complexity index is 1070. The Morgan fingerprint density at radius 1 is 0.914 bits per heavy atom. The third kappa shape index (κ3) is 3.16. The number of anilines is 1. The Balaban J connectivity index is 2.10. The first kappa shape index (κ1) is 27.5. The molecule has 0 unspecified atom stereocenters. The van der Waals surface area contributed by atoms with Crippen molar-refractivity contribution in [1.82, 2.24) is 0 Å². The molecular weight excluding hydrogens is 525 g/mol. The summed E-state index contributed by atoms with van der Waals surface area (Å²) < 4.78 is 153. The van der Waals surface area contributed by atoms with Crippen LogP contribution in [0.2, 0.25) is 0 Å². The van der Waals surface area contributed by atoms with Crippen LogP contribution in [0.15, 0.2) is 0 Å². The highest BCUT2D eigenvalue weighted by atomic mass is 32.1. The molecule has 1 aromatic rings. The Hall–Kier alpha value is -2.11. The molecule has 0 aromatic carbocycles. The normalized spacial score (nSPS) is 27.4. The summed E-state index contributed by atoms with van der Waals surface area (Å²) in [5.41, 5.74) is -7.29. The lowest BCUT2D eigenvalue weighted by molar-refractivity contribution is -0.475. The van der Waals surface area contributed by atoms with Gasteiger partial charge in [-0.3, -0.25) is 4.79 Å². The van der Waals surface area contributed by atoms with Crippen LogP contribution >= 0.6 is 11.3 Å². The smallest absolute Gasteiger partial charge is 0.313 e. The number of hydrogen-bond acceptors (Lipinski definition) is 3. The van der Waals surface area contributed by atoms with Gasteiger partial charge in [0.15, 0.2) is 0 Å². The van der Waals surface area contributed by atoms with Crippen molar-refractivity contribution in [2.45, 2.75) is 75.3 Å². The average molecular weight is 542 g/mol. The Kier molecular flexibility index (Phi) is 5.85. The van der Waals surface area contributed by atoms with Gasteiger partial charge in [-0.1, -0.05) is 20.8 Å². The first-order chi connectivity index (χ1) is 15.5. The van der Waals surface area contributed by atoms with Crippen LogP contribution in [0.1, 0.15) is 43.2 Å². The van der Waals surface area contributed by atoms with Crippen LogP contribution in [0.5, 0.6) is 0 Å². The summed E-state index contributed by atoms with van der Waals surface area (Å²) in [6.07, 6.45) is 0.970. The van der Waals surface area contributed by atoms with Crippen LogP contribution in [0, 0.1) is 22.7 Å². The number of carbonyl (C=O) groups is 1. The van der Waals surface area contributed by atoms with Gasteiger partial charge in [0.05, 0.1) is 5.56 Å². The molecule has 0 radical (unpaired) electrons. The third-order valence-corrected chi connectivity index (χ3v) is 7.75. The van der Waals surface area contributed by atoms with Gasteiger partial charge in [0, 0.05) is 4.88 Å². The molecule has 1 N–H and O–H groups in total. The van der Waals surface area contributed by atoms with Crippen LogP contribution in [0.25, 0.3) is 0 Å². The molecule has 0 bridgehead atoms. The Labute approximate surface area is 195 Å². The highest BCUT2D eigenvalue weighted by Gasteiger charge is 3.02. The number of nitrogens with zero attached hydrogens (tertiary/aromatic N) is 1. The van der Waals surface area contributed by atoms with Gasteiger partial charge < -0.3 is 5.32 Å². The topological polar surface area (TPSA) is 52.9 Å². The predicted molar refractivity (Wildman–Crippen MR) is 101 cm³/mol. The highest BCUT2D eigenvalue weighted by molar-refractivity contribution is 7.16. The van der Waals surface area contributed by atoms with E-state index in [0.29, 0.717) is 22.6 Å². The average Bonchev–Trinajstić information content (AvgIpc) is 3.06. The van der Waals surface area contributed by atoms with Gasteiger partial charge in [0.1, 0.15) is 11.1 Å². The zero-order valence-electron chi connectivity index (χ0n) is 18.1. The summed E-state index contributed by atoms with van der Waals surface area (Å²) in [7, 11) is 0. The van der Waals surface area contributed by atoms with Gasteiger partial charge in [-0.15, -0.1) is 11.3 Å². The molecule has 196 valence electrons. The maximum atomic E-state index is 15.0. The fourth-order valence-electron chi connectivity index (χ4n) is 4.23. The van der Waals surface area contributed by atoms with Gasteiger partial charge >= 0.3 is 35.3 Å². The van der Waals surface area contributed by atoms with E-state index in [1.165, 1.54) is 0 Å². The molecular formula is C20H17F11N2OS. The molecule has 2 aliphatic rings. The molecule has 35 heavy (non-hydrogen) atoms. The number of alkyl halides is 11. The number of nitrogens with one attached hydrogen (secondary N) is 1. The van der Waals surface area contributed by atoms with Crippen LogP contribution in [-0.4, -0.2) is 41.2 Å². The van der Waals surface area contributed by atoms with Crippen molar-refractivity contribution in [1.29, 1.82) is 5.26 Å². The SMILES string of the molecule is CC(C)(C)[C@@H]1CCc2c(sc(NC(=O)C3(F)C(F)(F)C(F)(F)C(F)(F)C(F)(F)C3(F)F)c2C#N)C1. The maximum absolute atomic E-state index is 15.0. The van der Waals surface area contributed by atoms with Gasteiger partial charge in [-0.05, 0) is 36.2 Å². The molecule has 1 atom stereocenters. The molecule has 1 amide bonds. The summed E-state index contributed by atoms with van der Waals surface area (Å²) in [6.45, 7) is 5.67. The minimum atomic E-state index is -7.41. The van der Waals surface area contributed by atoms with Gasteiger partial charge in [-0.2, -0.15) is 49.2 Å². The van der Waals surface area contributed by atoms with Gasteiger partial charge in [0.25, 0.3) is 5.91 Å². The molecule has 15 heteroatoms. The van der Waals surface area contributed by atoms with Crippen molar-refractivity contribution in [3.63, 3.8) is 0 Å². The van der Waals surface area contributed by atoms with E-state index in [2.05, 4.69) is 0 Å². The number of carbonyl (C=O) groups excluding carboxylic acids is 1. The molecule has 1 aromatic heterocycles. The predicted octanol–water partition coefficient (Wildman–Crippen LogP) is 6.61. The number of fused-ring (bicyclic) bond motifs is 1. The van der Waals surface area contributed by atoms with Crippen molar-refractivity contribution in [2.24, 2.45) is 11.3 Å². The fraction of sp³-hybridized carbons (Fsp3) is 0.700. The zero-order valence-corrected chi connectivity index (χ0v) is 18.9. The summed E-state index contributed by atoms with van der Waals surface area (Å²) in [5, 5.41) is 9.67. The molecule has 0 aliphatic heterocycles. The Morgan fingerprint density at radius 3 is 1.80 bits per heavy atom. The number of thiophene rings is 1. The van der Waals surface area contributed by atoms with Crippen LogP contribution in [0.4, 0.5) is 53.3 Å². The molecule has 1 fully saturated rings. The first-order valence-corrected chi connectivity index (χ1v) is 10.8. The number of rotatable bonds is 2. The maximum Gasteiger partial charge on any atom is 0.384 e. The quantitative estimate of drug-likeness (QED) is 0.428. The lowest BCUT2D eigenvalue weighted by atomic mass is 9.71. The lowest BCUT2D eigenvalue weighted by Gasteiger charge is -2.51. The lowest BCUT2D eigenvalue weighted by Crippen LogP contribution is -2.86. The van der Waals surface area contributed by atoms with E-state index in [1.54, 1.807) is 6.07 Å². The number of amides is 1. The molecule has 3 rings (SSSR count). The summed E-state index contributed by atoms with van der Waals surface area (Å²) in [4.78, 5) is 12.6. The second-order valence-electron chi connectivity index (χ2n) is 9.61. The van der Waals surface area contributed by atoms with Crippen LogP contribution < -0.4 is 5.32 Å². The number of hydrogen-bond donors (Lipinski definition) is 1. The fourth-order valence-corrected chi connectivity index (χ4v) is 5.50. The van der Waals surface area contributed by atoms with E-state index < -0.39 is 51.8 Å².